The number of rotatable bonds is 8. The van der Waals surface area contributed by atoms with Gasteiger partial charge in [0.15, 0.2) is 18.9 Å². The third kappa shape index (κ3) is 7.54. The minimum absolute atomic E-state index is 0.0650. The molecule has 348 valence electrons. The van der Waals surface area contributed by atoms with Crippen LogP contribution in [0.2, 0.25) is 0 Å². The Labute approximate surface area is 372 Å². The third-order valence-electron chi connectivity index (χ3n) is 21.6. The van der Waals surface area contributed by atoms with Crippen molar-refractivity contribution >= 4 is 6.29 Å². The van der Waals surface area contributed by atoms with Crippen LogP contribution in [0.5, 0.6) is 0 Å². The van der Waals surface area contributed by atoms with E-state index in [2.05, 4.69) is 110 Å². The molecule has 61 heavy (non-hydrogen) atoms. The molecule has 3 heterocycles. The van der Waals surface area contributed by atoms with Gasteiger partial charge in [-0.05, 0) is 147 Å². The van der Waals surface area contributed by atoms with Crippen molar-refractivity contribution in [1.82, 2.24) is 0 Å². The fraction of sp³-hybridized carbons (Fsp3) is 0.944. The summed E-state index contributed by atoms with van der Waals surface area (Å²) in [5.41, 5.74) is 2.35. The van der Waals surface area contributed by atoms with Crippen molar-refractivity contribution in [3.05, 3.63) is 11.6 Å². The number of fused-ring (bicyclic) bond motifs is 7. The van der Waals surface area contributed by atoms with Crippen LogP contribution < -0.4 is 0 Å². The highest BCUT2D eigenvalue weighted by Crippen LogP contribution is 2.74. The number of hydrogen-bond donors (Lipinski definition) is 0. The normalized spacial score (nSPS) is 55.9. The predicted molar refractivity (Wildman–Crippen MR) is 242 cm³/mol. The van der Waals surface area contributed by atoms with Gasteiger partial charge in [-0.3, -0.25) is 0 Å². The molecule has 0 N–H and O–H groups in total. The fourth-order valence-electron chi connectivity index (χ4n) is 15.9. The first-order chi connectivity index (χ1) is 28.6. The van der Waals surface area contributed by atoms with Gasteiger partial charge in [0.1, 0.15) is 12.4 Å². The number of carbonyl (C=O) groups excluding carboxylic acids is 1. The molecule has 0 aromatic rings. The fourth-order valence-corrected chi connectivity index (χ4v) is 15.9. The zero-order valence-electron chi connectivity index (χ0n) is 41.5. The van der Waals surface area contributed by atoms with E-state index < -0.39 is 12.4 Å². The van der Waals surface area contributed by atoms with Crippen LogP contribution in [0, 0.1) is 92.2 Å². The quantitative estimate of drug-likeness (QED) is 0.137. The van der Waals surface area contributed by atoms with E-state index in [-0.39, 0.29) is 81.8 Å². The number of hydrogen-bond acceptors (Lipinski definition) is 7. The molecule has 7 nitrogen and oxygen atoms in total. The van der Waals surface area contributed by atoms with Crippen LogP contribution >= 0.6 is 0 Å². The largest absolute Gasteiger partial charge is 0.352 e. The summed E-state index contributed by atoms with van der Waals surface area (Å²) in [7, 11) is 0. The molecule has 4 saturated carbocycles. The monoisotopic (exact) mass is 851 g/mol. The van der Waals surface area contributed by atoms with E-state index in [1.807, 2.05) is 0 Å². The van der Waals surface area contributed by atoms with E-state index in [0.29, 0.717) is 54.0 Å². The lowest BCUT2D eigenvalue weighted by atomic mass is 9.34. The Bertz CT molecular complexity index is 1610. The summed E-state index contributed by atoms with van der Waals surface area (Å²) < 4.78 is 42.2. The number of carbonyl (C=O) groups is 1. The van der Waals surface area contributed by atoms with Crippen LogP contribution in [0.3, 0.4) is 0 Å². The predicted octanol–water partition coefficient (Wildman–Crippen LogP) is 12.4. The van der Waals surface area contributed by atoms with E-state index in [1.165, 1.54) is 19.1 Å². The molecule has 9 unspecified atom stereocenters. The Kier molecular flexibility index (Phi) is 12.9. The topological polar surface area (TPSA) is 72.5 Å². The van der Waals surface area contributed by atoms with Crippen molar-refractivity contribution < 1.29 is 33.2 Å². The second kappa shape index (κ2) is 16.8. The molecule has 0 spiro atoms. The average Bonchev–Trinajstić information content (AvgIpc) is 3.22. The highest BCUT2D eigenvalue weighted by atomic mass is 16.8. The molecular weight excluding hydrogens is 761 g/mol. The van der Waals surface area contributed by atoms with Crippen molar-refractivity contribution in [2.24, 2.45) is 92.2 Å². The first-order valence-electron chi connectivity index (χ1n) is 25.7. The number of allylic oxidation sites excluding steroid dienone is 2. The Balaban J connectivity index is 1.05. The molecule has 0 bridgehead atoms. The van der Waals surface area contributed by atoms with Crippen molar-refractivity contribution in [3.8, 4) is 0 Å². The molecule has 8 rings (SSSR count). The highest BCUT2D eigenvalue weighted by molar-refractivity contribution is 5.63. The van der Waals surface area contributed by atoms with E-state index in [1.54, 1.807) is 5.57 Å². The van der Waals surface area contributed by atoms with Gasteiger partial charge in [0.05, 0.1) is 31.0 Å². The van der Waals surface area contributed by atoms with E-state index >= 15 is 0 Å². The van der Waals surface area contributed by atoms with Gasteiger partial charge in [0, 0.05) is 23.2 Å². The summed E-state index contributed by atoms with van der Waals surface area (Å²) in [6, 6.07) is 0. The Morgan fingerprint density at radius 2 is 1.38 bits per heavy atom. The lowest BCUT2D eigenvalue weighted by molar-refractivity contribution is -0.374. The standard InChI is InChI=1S/C54H90O7/c1-16-42-33(5)32(4)35(7)48(58-42)61-46-45(60-47-34(6)31(3)30(2)28-56-47)36(8)38(10)57-49(46)59-43-20-21-51(13)39(37(43)9)19-22-53(15)44(51)18-17-40-41-27-50(11,12)23-25-54(41,29-55)26-24-52(40,53)14/h17,29-39,41-49H,16,18-28H2,1-15H3/t30-,31+,32+,33-,34?,35?,36-,37?,38?,39+,41?,42?,43+,44?,45+,46?,47+,48+,49+,51?,52-,53+,54-/m1/s1. The van der Waals surface area contributed by atoms with E-state index in [9.17, 15) is 4.79 Å². The smallest absolute Gasteiger partial charge is 0.187 e. The van der Waals surface area contributed by atoms with Crippen LogP contribution in [0.25, 0.3) is 0 Å². The maximum absolute atomic E-state index is 13.0. The molecule has 3 saturated heterocycles. The summed E-state index contributed by atoms with van der Waals surface area (Å²) in [6.45, 7) is 36.6. The molecule has 7 fully saturated rings. The van der Waals surface area contributed by atoms with E-state index in [0.717, 1.165) is 57.8 Å². The zero-order chi connectivity index (χ0) is 44.2. The SMILES string of the molecule is CCC1O[C@@H](OC2[C@H](O[C@H]3CCC4(C)C5CC=C6C7CC(C)(C)CC[C@]7(C=O)CC[C@@]6(C)[C@@]5(C)CC[C@H]4C3C)OC(C)[C@@H](C)[C@@H]2O[C@@H]2OC[C@@H](C)[C@H](C)C2C)C(C)[C@@H](C)[C@H]1C. The van der Waals surface area contributed by atoms with Crippen LogP contribution in [0.1, 0.15) is 174 Å². The van der Waals surface area contributed by atoms with Gasteiger partial charge in [0.2, 0.25) is 0 Å². The molecule has 0 amide bonds. The molecule has 7 heteroatoms. The van der Waals surface area contributed by atoms with Gasteiger partial charge < -0.3 is 33.2 Å². The first-order valence-corrected chi connectivity index (χ1v) is 25.7. The second-order valence-corrected chi connectivity index (χ2v) is 24.9. The van der Waals surface area contributed by atoms with Crippen LogP contribution in [-0.4, -0.2) is 62.3 Å². The van der Waals surface area contributed by atoms with Gasteiger partial charge in [-0.1, -0.05) is 109 Å². The minimum atomic E-state index is -0.568. The molecule has 23 atom stereocenters. The molecule has 0 aromatic heterocycles. The third-order valence-corrected chi connectivity index (χ3v) is 21.6. The van der Waals surface area contributed by atoms with Crippen LogP contribution in [-0.2, 0) is 33.2 Å². The molecular formula is C54H90O7. The Hall–Kier alpha value is -0.830. The maximum Gasteiger partial charge on any atom is 0.187 e. The van der Waals surface area contributed by atoms with E-state index in [4.69, 9.17) is 28.4 Å². The lowest BCUT2D eigenvalue weighted by Crippen LogP contribution is -2.64. The molecule has 0 aromatic carbocycles. The summed E-state index contributed by atoms with van der Waals surface area (Å²) in [5, 5.41) is 0. The lowest BCUT2D eigenvalue weighted by Gasteiger charge is -2.70. The molecule has 8 aliphatic rings. The maximum atomic E-state index is 13.0. The van der Waals surface area contributed by atoms with Gasteiger partial charge in [-0.2, -0.15) is 0 Å². The van der Waals surface area contributed by atoms with Crippen molar-refractivity contribution in [2.75, 3.05) is 6.61 Å². The van der Waals surface area contributed by atoms with Crippen molar-refractivity contribution in [3.63, 3.8) is 0 Å². The minimum Gasteiger partial charge on any atom is -0.352 e. The van der Waals surface area contributed by atoms with Crippen molar-refractivity contribution in [1.29, 1.82) is 0 Å². The summed E-state index contributed by atoms with van der Waals surface area (Å²) >= 11 is 0. The molecule has 0 radical (unpaired) electrons. The Morgan fingerprint density at radius 1 is 0.689 bits per heavy atom. The van der Waals surface area contributed by atoms with Gasteiger partial charge >= 0.3 is 0 Å². The highest BCUT2D eigenvalue weighted by Gasteiger charge is 2.67. The van der Waals surface area contributed by atoms with Gasteiger partial charge in [0.25, 0.3) is 0 Å². The first kappa shape index (κ1) is 46.7. The average molecular weight is 851 g/mol. The van der Waals surface area contributed by atoms with Gasteiger partial charge in [-0.15, -0.1) is 0 Å². The summed E-state index contributed by atoms with van der Waals surface area (Å²) in [5.74, 6) is 4.44. The Morgan fingerprint density at radius 3 is 2.08 bits per heavy atom. The summed E-state index contributed by atoms with van der Waals surface area (Å²) in [6.07, 6.45) is 14.6. The number of ether oxygens (including phenoxy) is 6. The molecule has 3 aliphatic heterocycles. The molecule has 5 aliphatic carbocycles. The van der Waals surface area contributed by atoms with Crippen molar-refractivity contribution in [2.45, 2.75) is 224 Å². The van der Waals surface area contributed by atoms with Gasteiger partial charge in [-0.25, -0.2) is 0 Å². The summed E-state index contributed by atoms with van der Waals surface area (Å²) in [4.78, 5) is 13.0. The second-order valence-electron chi connectivity index (χ2n) is 24.9. The van der Waals surface area contributed by atoms with Crippen LogP contribution in [0.15, 0.2) is 11.6 Å². The van der Waals surface area contributed by atoms with Crippen LogP contribution in [0.4, 0.5) is 0 Å². The number of aldehydes is 1. The zero-order valence-corrected chi connectivity index (χ0v) is 41.5.